The number of hydrogen-bond acceptors (Lipinski definition) is 8. The number of rotatable bonds is 8. The number of benzene rings is 2. The number of fused-ring (bicyclic) bond motifs is 1. The van der Waals surface area contributed by atoms with Gasteiger partial charge < -0.3 is 34.9 Å². The van der Waals surface area contributed by atoms with Gasteiger partial charge in [0, 0.05) is 16.8 Å². The lowest BCUT2D eigenvalue weighted by atomic mass is 10.1. The molecule has 0 bridgehead atoms. The number of nitrogens with zero attached hydrogens (tertiary/aromatic N) is 2. The van der Waals surface area contributed by atoms with E-state index in [0.29, 0.717) is 21.5 Å². The number of nitrogens with one attached hydrogen (secondary N) is 2. The predicted octanol–water partition coefficient (Wildman–Crippen LogP) is 3.81. The molecule has 4 rings (SSSR count). The van der Waals surface area contributed by atoms with Crippen molar-refractivity contribution in [1.82, 2.24) is 9.97 Å². The predicted molar refractivity (Wildman–Crippen MR) is 135 cm³/mol. The summed E-state index contributed by atoms with van der Waals surface area (Å²) in [4.78, 5) is 59.6. The quantitative estimate of drug-likeness (QED) is 0.169. The van der Waals surface area contributed by atoms with Crippen LogP contribution in [0.2, 0.25) is 0 Å². The van der Waals surface area contributed by atoms with Gasteiger partial charge in [0.15, 0.2) is 17.4 Å². The zero-order valence-corrected chi connectivity index (χ0v) is 21.4. The molecule has 194 valence electrons. The molecule has 12 nitrogen and oxygen atoms in total. The number of carbonyl (C=O) groups is 1. The zero-order valence-electron chi connectivity index (χ0n) is 18.8. The Morgan fingerprint density at radius 1 is 1.05 bits per heavy atom. The molecule has 0 saturated carbocycles. The Balaban J connectivity index is 1.67. The largest absolute Gasteiger partial charge is 0.494 e. The number of amides is 1. The van der Waals surface area contributed by atoms with Gasteiger partial charge in [-0.05, 0) is 41.8 Å². The third kappa shape index (κ3) is 6.03. The number of hydrogen-bond donors (Lipinski definition) is 6. The maximum absolute atomic E-state index is 14.0. The average molecular weight is 568 g/mol. The first kappa shape index (κ1) is 26.8. The third-order valence-electron chi connectivity index (χ3n) is 5.02. The molecule has 0 aliphatic heterocycles. The van der Waals surface area contributed by atoms with Gasteiger partial charge in [-0.2, -0.15) is 0 Å². The smallest absolute Gasteiger partial charge is 0.360 e. The first-order chi connectivity index (χ1) is 17.4. The second-order valence-corrected chi connectivity index (χ2v) is 12.3. The Labute approximate surface area is 212 Å². The molecule has 6 N–H and O–H groups in total. The summed E-state index contributed by atoms with van der Waals surface area (Å²) in [6, 6.07) is 11.6. The van der Waals surface area contributed by atoms with Crippen LogP contribution in [0.3, 0.4) is 0 Å². The first-order valence-corrected chi connectivity index (χ1v) is 14.5. The van der Waals surface area contributed by atoms with Gasteiger partial charge in [0.05, 0.1) is 12.5 Å². The van der Waals surface area contributed by atoms with E-state index in [0.717, 1.165) is 6.07 Å². The fourth-order valence-corrected chi connectivity index (χ4v) is 6.24. The zero-order chi connectivity index (χ0) is 27.0. The van der Waals surface area contributed by atoms with Gasteiger partial charge in [0.1, 0.15) is 10.6 Å². The van der Waals surface area contributed by atoms with Gasteiger partial charge in [-0.3, -0.25) is 13.9 Å². The number of anilines is 2. The van der Waals surface area contributed by atoms with Gasteiger partial charge in [-0.25, -0.2) is 14.4 Å². The van der Waals surface area contributed by atoms with Gasteiger partial charge in [-0.15, -0.1) is 11.3 Å². The number of thiophene rings is 1. The highest BCUT2D eigenvalue weighted by Gasteiger charge is 2.44. The van der Waals surface area contributed by atoms with Crippen LogP contribution in [-0.2, 0) is 9.13 Å². The Morgan fingerprint density at radius 2 is 1.78 bits per heavy atom. The Kier molecular flexibility index (Phi) is 7.45. The van der Waals surface area contributed by atoms with Crippen molar-refractivity contribution >= 4 is 54.2 Å². The van der Waals surface area contributed by atoms with Gasteiger partial charge >= 0.3 is 15.2 Å². The summed E-state index contributed by atoms with van der Waals surface area (Å²) in [5.41, 5.74) is -1.78. The van der Waals surface area contributed by atoms with Crippen LogP contribution in [-0.4, -0.2) is 48.1 Å². The van der Waals surface area contributed by atoms with Crippen molar-refractivity contribution in [1.29, 1.82) is 0 Å². The van der Waals surface area contributed by atoms with Crippen LogP contribution >= 0.6 is 26.5 Å². The van der Waals surface area contributed by atoms with Gasteiger partial charge in [0.2, 0.25) is 5.52 Å². The highest BCUT2D eigenvalue weighted by molar-refractivity contribution is 7.71. The third-order valence-corrected chi connectivity index (χ3v) is 9.16. The molecular weight excluding hydrogens is 549 g/mol. The lowest BCUT2D eigenvalue weighted by molar-refractivity contribution is 0.102. The lowest BCUT2D eigenvalue weighted by Crippen LogP contribution is -2.21. The molecule has 0 spiro atoms. The molecule has 0 aliphatic carbocycles. The summed E-state index contributed by atoms with van der Waals surface area (Å²) in [6.45, 7) is 0. The van der Waals surface area contributed by atoms with Crippen molar-refractivity contribution in [2.75, 3.05) is 17.7 Å². The molecule has 2 heterocycles. The fraction of sp³-hybridized carbons (Fsp3) is 0.0952. The molecular formula is C21H19FN4O8P2S. The van der Waals surface area contributed by atoms with E-state index in [2.05, 4.69) is 20.6 Å². The second-order valence-electron chi connectivity index (χ2n) is 7.62. The normalized spacial score (nSPS) is 12.1. The fourth-order valence-electron chi connectivity index (χ4n) is 3.33. The summed E-state index contributed by atoms with van der Waals surface area (Å²) in [6.07, 6.45) is 0. The van der Waals surface area contributed by atoms with Gasteiger partial charge in [0.25, 0.3) is 5.91 Å². The molecule has 16 heteroatoms. The van der Waals surface area contributed by atoms with Crippen LogP contribution < -0.4 is 15.4 Å². The van der Waals surface area contributed by atoms with Crippen LogP contribution in [0.25, 0.3) is 21.6 Å². The van der Waals surface area contributed by atoms with Crippen LogP contribution in [0.15, 0.2) is 53.9 Å². The van der Waals surface area contributed by atoms with Crippen molar-refractivity contribution in [3.8, 4) is 17.1 Å². The molecule has 4 aromatic rings. The van der Waals surface area contributed by atoms with Gasteiger partial charge in [-0.1, -0.05) is 12.1 Å². The SMILES string of the molecule is COc1ccc(C(=O)Nc2cccc(-c3nc(NC(P(=O)(O)O)P(=O)(O)O)c4ccsc4n3)c2)cc1F. The Hall–Kier alpha value is -3.22. The highest BCUT2D eigenvalue weighted by atomic mass is 32.1. The molecule has 0 saturated heterocycles. The molecule has 0 unspecified atom stereocenters. The van der Waals surface area contributed by atoms with E-state index in [1.165, 1.54) is 42.7 Å². The van der Waals surface area contributed by atoms with E-state index < -0.39 is 32.4 Å². The van der Waals surface area contributed by atoms with E-state index in [1.54, 1.807) is 23.6 Å². The summed E-state index contributed by atoms with van der Waals surface area (Å²) < 4.78 is 42.4. The van der Waals surface area contributed by atoms with E-state index in [1.807, 2.05) is 0 Å². The van der Waals surface area contributed by atoms with Crippen LogP contribution in [0, 0.1) is 5.82 Å². The van der Waals surface area contributed by atoms with Crippen LogP contribution in [0.1, 0.15) is 10.4 Å². The number of ether oxygens (including phenoxy) is 1. The summed E-state index contributed by atoms with van der Waals surface area (Å²) in [5, 5.41) is 6.75. The number of aromatic nitrogens is 2. The van der Waals surface area contributed by atoms with E-state index >= 15 is 0 Å². The Morgan fingerprint density at radius 3 is 2.43 bits per heavy atom. The van der Waals surface area contributed by atoms with Crippen molar-refractivity contribution in [2.45, 2.75) is 5.52 Å². The topological polar surface area (TPSA) is 191 Å². The number of methoxy groups -OCH3 is 1. The summed E-state index contributed by atoms with van der Waals surface area (Å²) >= 11 is 1.17. The standard InChI is InChI=1S/C21H19FN4O8P2S/c1-34-16-6-5-12(10-15(16)22)19(27)23-13-4-2-3-11(9-13)17-24-18(14-7-8-37-20(14)25-17)26-21(35(28,29)30)36(31,32)33/h2-10,21H,1H3,(H,23,27)(H,24,25,26)(H2,28,29,30)(H2,31,32,33). The molecule has 0 fully saturated rings. The molecule has 2 aromatic carbocycles. The lowest BCUT2D eigenvalue weighted by Gasteiger charge is -2.21. The monoisotopic (exact) mass is 568 g/mol. The van der Waals surface area contributed by atoms with Crippen molar-refractivity contribution in [3.05, 3.63) is 65.3 Å². The maximum Gasteiger partial charge on any atom is 0.360 e. The highest BCUT2D eigenvalue weighted by Crippen LogP contribution is 2.59. The molecule has 0 aliphatic rings. The minimum Gasteiger partial charge on any atom is -0.494 e. The first-order valence-electron chi connectivity index (χ1n) is 10.2. The minimum atomic E-state index is -5.28. The Bertz CT molecular complexity index is 1570. The van der Waals surface area contributed by atoms with E-state index in [-0.39, 0.29) is 23.0 Å². The summed E-state index contributed by atoms with van der Waals surface area (Å²) in [5.74, 6) is -1.45. The van der Waals surface area contributed by atoms with E-state index in [9.17, 15) is 37.9 Å². The number of halogens is 1. The molecule has 0 atom stereocenters. The van der Waals surface area contributed by atoms with E-state index in [4.69, 9.17) is 4.74 Å². The van der Waals surface area contributed by atoms with Crippen LogP contribution in [0.4, 0.5) is 15.9 Å². The van der Waals surface area contributed by atoms with Crippen molar-refractivity contribution < 1.29 is 42.6 Å². The molecule has 37 heavy (non-hydrogen) atoms. The van der Waals surface area contributed by atoms with Crippen molar-refractivity contribution in [2.24, 2.45) is 0 Å². The minimum absolute atomic E-state index is 0.0104. The second kappa shape index (κ2) is 10.3. The molecule has 0 radical (unpaired) electrons. The average Bonchev–Trinajstić information content (AvgIpc) is 3.30. The molecule has 2 aromatic heterocycles. The van der Waals surface area contributed by atoms with Crippen molar-refractivity contribution in [3.63, 3.8) is 0 Å². The molecule has 1 amide bonds. The summed E-state index contributed by atoms with van der Waals surface area (Å²) in [7, 11) is -9.26. The maximum atomic E-state index is 14.0. The van der Waals surface area contributed by atoms with Crippen LogP contribution in [0.5, 0.6) is 5.75 Å². The number of carbonyl (C=O) groups excluding carboxylic acids is 1.